The first-order valence-electron chi connectivity index (χ1n) is 6.90. The van der Waals surface area contributed by atoms with Gasteiger partial charge in [-0.1, -0.05) is 23.5 Å². The largest absolute Gasteiger partial charge is 0.284 e. The van der Waals surface area contributed by atoms with Crippen molar-refractivity contribution in [2.45, 2.75) is 6.92 Å². The maximum Gasteiger partial charge on any atom is 0.260 e. The minimum absolute atomic E-state index is 0.106. The van der Waals surface area contributed by atoms with Crippen LogP contribution < -0.4 is 4.90 Å². The number of hydrogen-bond acceptors (Lipinski definition) is 4. The van der Waals surface area contributed by atoms with Gasteiger partial charge in [-0.3, -0.25) is 9.69 Å². The number of thiazole rings is 1. The number of nitrogens with zero attached hydrogens (tertiary/aromatic N) is 3. The van der Waals surface area contributed by atoms with Gasteiger partial charge in [0.25, 0.3) is 5.91 Å². The third kappa shape index (κ3) is 2.57. The summed E-state index contributed by atoms with van der Waals surface area (Å²) in [5.41, 5.74) is 1.99. The first kappa shape index (κ1) is 14.2. The van der Waals surface area contributed by atoms with Gasteiger partial charge in [-0.15, -0.1) is 0 Å². The van der Waals surface area contributed by atoms with Crippen molar-refractivity contribution in [3.63, 3.8) is 0 Å². The summed E-state index contributed by atoms with van der Waals surface area (Å²) >= 11 is 1.50. The third-order valence-corrected chi connectivity index (χ3v) is 4.40. The third-order valence-electron chi connectivity index (χ3n) is 3.34. The monoisotopic (exact) mass is 307 g/mol. The molecule has 1 aromatic heterocycles. The fourth-order valence-electron chi connectivity index (χ4n) is 2.18. The Kier molecular flexibility index (Phi) is 3.86. The molecule has 0 saturated heterocycles. The Morgan fingerprint density at radius 3 is 2.59 bits per heavy atom. The summed E-state index contributed by atoms with van der Waals surface area (Å²) in [6.45, 7) is 2.46. The van der Waals surface area contributed by atoms with Gasteiger partial charge in [0.05, 0.1) is 21.8 Å². The van der Waals surface area contributed by atoms with Gasteiger partial charge in [0.2, 0.25) is 0 Å². The Morgan fingerprint density at radius 1 is 1.23 bits per heavy atom. The minimum atomic E-state index is -0.106. The number of fused-ring (bicyclic) bond motifs is 1. The lowest BCUT2D eigenvalue weighted by molar-refractivity contribution is 0.0988. The van der Waals surface area contributed by atoms with Crippen molar-refractivity contribution >= 4 is 32.6 Å². The van der Waals surface area contributed by atoms with Crippen LogP contribution in [0.1, 0.15) is 22.8 Å². The molecular formula is C17H13N3OS. The molecule has 4 nitrogen and oxygen atoms in total. The highest BCUT2D eigenvalue weighted by molar-refractivity contribution is 7.22. The van der Waals surface area contributed by atoms with Gasteiger partial charge < -0.3 is 0 Å². The number of rotatable bonds is 3. The molecule has 0 N–H and O–H groups in total. The highest BCUT2D eigenvalue weighted by Crippen LogP contribution is 2.29. The van der Waals surface area contributed by atoms with Crippen LogP contribution in [-0.4, -0.2) is 17.4 Å². The van der Waals surface area contributed by atoms with Crippen molar-refractivity contribution in [3.8, 4) is 6.07 Å². The van der Waals surface area contributed by atoms with E-state index in [2.05, 4.69) is 11.1 Å². The number of para-hydroxylation sites is 1. The molecular weight excluding hydrogens is 294 g/mol. The fraction of sp³-hybridized carbons (Fsp3) is 0.118. The van der Waals surface area contributed by atoms with Crippen molar-refractivity contribution < 1.29 is 4.79 Å². The highest BCUT2D eigenvalue weighted by atomic mass is 32.1. The van der Waals surface area contributed by atoms with E-state index in [9.17, 15) is 4.79 Å². The zero-order chi connectivity index (χ0) is 15.5. The lowest BCUT2D eigenvalue weighted by atomic mass is 10.1. The Balaban J connectivity index is 1.95. The molecule has 22 heavy (non-hydrogen) atoms. The SMILES string of the molecule is CCN(C(=O)c1ccc(C#N)cc1)c1nc2ccccc2s1. The van der Waals surface area contributed by atoms with Crippen molar-refractivity contribution in [1.29, 1.82) is 5.26 Å². The molecule has 0 radical (unpaired) electrons. The lowest BCUT2D eigenvalue weighted by Gasteiger charge is -2.17. The summed E-state index contributed by atoms with van der Waals surface area (Å²) in [4.78, 5) is 18.9. The molecule has 0 aliphatic rings. The molecule has 0 fully saturated rings. The standard InChI is InChI=1S/C17H13N3OS/c1-2-20(16(21)13-9-7-12(11-18)8-10-13)17-19-14-5-3-4-6-15(14)22-17/h3-10H,2H2,1H3. The maximum atomic E-state index is 12.7. The first-order valence-corrected chi connectivity index (χ1v) is 7.72. The highest BCUT2D eigenvalue weighted by Gasteiger charge is 2.19. The predicted octanol–water partition coefficient (Wildman–Crippen LogP) is 3.83. The summed E-state index contributed by atoms with van der Waals surface area (Å²) in [6.07, 6.45) is 0. The number of carbonyl (C=O) groups excluding carboxylic acids is 1. The number of benzene rings is 2. The number of carbonyl (C=O) groups is 1. The van der Waals surface area contributed by atoms with E-state index in [1.807, 2.05) is 31.2 Å². The molecule has 3 aromatic rings. The van der Waals surface area contributed by atoms with Crippen molar-refractivity contribution in [1.82, 2.24) is 4.98 Å². The molecule has 0 aliphatic carbocycles. The number of aromatic nitrogens is 1. The van der Waals surface area contributed by atoms with Crippen LogP contribution in [0.3, 0.4) is 0 Å². The van der Waals surface area contributed by atoms with Crippen LogP contribution in [0, 0.1) is 11.3 Å². The van der Waals surface area contributed by atoms with Crippen LogP contribution >= 0.6 is 11.3 Å². The maximum absolute atomic E-state index is 12.7. The Morgan fingerprint density at radius 2 is 1.95 bits per heavy atom. The number of anilines is 1. The smallest absolute Gasteiger partial charge is 0.260 e. The molecule has 0 saturated carbocycles. The zero-order valence-corrected chi connectivity index (χ0v) is 12.8. The quantitative estimate of drug-likeness (QED) is 0.739. The molecule has 5 heteroatoms. The Bertz CT molecular complexity index is 828. The average Bonchev–Trinajstić information content (AvgIpc) is 2.99. The molecule has 0 atom stereocenters. The number of amides is 1. The number of hydrogen-bond donors (Lipinski definition) is 0. The van der Waals surface area contributed by atoms with Gasteiger partial charge in [-0.25, -0.2) is 4.98 Å². The van der Waals surface area contributed by atoms with E-state index in [4.69, 9.17) is 5.26 Å². The Labute approximate surface area is 132 Å². The normalized spacial score (nSPS) is 10.4. The molecule has 0 spiro atoms. The molecule has 2 aromatic carbocycles. The van der Waals surface area contributed by atoms with Gasteiger partial charge in [0, 0.05) is 12.1 Å². The van der Waals surface area contributed by atoms with Crippen LogP contribution in [0.2, 0.25) is 0 Å². The molecule has 0 unspecified atom stereocenters. The first-order chi connectivity index (χ1) is 10.7. The predicted molar refractivity (Wildman–Crippen MR) is 88.1 cm³/mol. The Hall–Kier alpha value is -2.71. The molecule has 0 bridgehead atoms. The summed E-state index contributed by atoms with van der Waals surface area (Å²) in [5.74, 6) is -0.106. The van der Waals surface area contributed by atoms with Gasteiger partial charge in [0.1, 0.15) is 0 Å². The van der Waals surface area contributed by atoms with Crippen LogP contribution in [0.25, 0.3) is 10.2 Å². The van der Waals surface area contributed by atoms with E-state index in [1.54, 1.807) is 29.2 Å². The second-order valence-electron chi connectivity index (χ2n) is 4.70. The van der Waals surface area contributed by atoms with E-state index >= 15 is 0 Å². The van der Waals surface area contributed by atoms with Crippen LogP contribution in [0.4, 0.5) is 5.13 Å². The summed E-state index contributed by atoms with van der Waals surface area (Å²) < 4.78 is 1.06. The summed E-state index contributed by atoms with van der Waals surface area (Å²) in [5, 5.41) is 9.52. The number of nitriles is 1. The molecule has 1 amide bonds. The van der Waals surface area contributed by atoms with E-state index in [0.717, 1.165) is 10.2 Å². The van der Waals surface area contributed by atoms with Gasteiger partial charge in [-0.05, 0) is 43.3 Å². The fourth-order valence-corrected chi connectivity index (χ4v) is 3.21. The second-order valence-corrected chi connectivity index (χ2v) is 5.71. The molecule has 0 aliphatic heterocycles. The zero-order valence-electron chi connectivity index (χ0n) is 12.0. The van der Waals surface area contributed by atoms with Crippen molar-refractivity contribution in [2.75, 3.05) is 11.4 Å². The van der Waals surface area contributed by atoms with Gasteiger partial charge >= 0.3 is 0 Å². The second kappa shape index (κ2) is 5.96. The summed E-state index contributed by atoms with van der Waals surface area (Å²) in [6, 6.07) is 16.5. The summed E-state index contributed by atoms with van der Waals surface area (Å²) in [7, 11) is 0. The van der Waals surface area contributed by atoms with E-state index in [-0.39, 0.29) is 5.91 Å². The van der Waals surface area contributed by atoms with E-state index in [0.29, 0.717) is 22.8 Å². The molecule has 1 heterocycles. The van der Waals surface area contributed by atoms with E-state index < -0.39 is 0 Å². The average molecular weight is 307 g/mol. The van der Waals surface area contributed by atoms with Crippen LogP contribution in [0.15, 0.2) is 48.5 Å². The van der Waals surface area contributed by atoms with Gasteiger partial charge in [-0.2, -0.15) is 5.26 Å². The lowest BCUT2D eigenvalue weighted by Crippen LogP contribution is -2.30. The van der Waals surface area contributed by atoms with Crippen LogP contribution in [-0.2, 0) is 0 Å². The van der Waals surface area contributed by atoms with E-state index in [1.165, 1.54) is 11.3 Å². The van der Waals surface area contributed by atoms with Crippen LogP contribution in [0.5, 0.6) is 0 Å². The molecule has 108 valence electrons. The van der Waals surface area contributed by atoms with Gasteiger partial charge in [0.15, 0.2) is 5.13 Å². The van der Waals surface area contributed by atoms with Crippen molar-refractivity contribution in [2.24, 2.45) is 0 Å². The topological polar surface area (TPSA) is 57.0 Å². The molecule has 3 rings (SSSR count). The minimum Gasteiger partial charge on any atom is -0.284 e. The van der Waals surface area contributed by atoms with Crippen molar-refractivity contribution in [3.05, 3.63) is 59.7 Å².